The maximum Gasteiger partial charge on any atom is 0.305 e. The molecule has 0 spiro atoms. The maximum absolute atomic E-state index is 10.9. The van der Waals surface area contributed by atoms with Crippen molar-refractivity contribution in [3.8, 4) is 0 Å². The monoisotopic (exact) mass is 317 g/mol. The summed E-state index contributed by atoms with van der Waals surface area (Å²) in [5, 5.41) is 6.63. The van der Waals surface area contributed by atoms with Crippen LogP contribution in [0.25, 0.3) is 0 Å². The molecule has 21 heavy (non-hydrogen) atoms. The summed E-state index contributed by atoms with van der Waals surface area (Å²) in [5.41, 5.74) is 0. The molecule has 124 valence electrons. The lowest BCUT2D eigenvalue weighted by atomic mass is 10.1. The summed E-state index contributed by atoms with van der Waals surface area (Å²) in [5.74, 6) is 1.99. The molecule has 0 radical (unpaired) electrons. The van der Waals surface area contributed by atoms with Crippen molar-refractivity contribution in [2.75, 3.05) is 39.3 Å². The molecule has 0 aliphatic heterocycles. The second-order valence-corrected chi connectivity index (χ2v) is 5.85. The van der Waals surface area contributed by atoms with Crippen molar-refractivity contribution in [2.45, 2.75) is 44.9 Å². The quantitative estimate of drug-likeness (QED) is 0.250. The smallest absolute Gasteiger partial charge is 0.305 e. The fourth-order valence-corrected chi connectivity index (χ4v) is 2.35. The van der Waals surface area contributed by atoms with Crippen LogP contribution >= 0.6 is 11.8 Å². The Hall–Kier alpha value is -0.910. The predicted molar refractivity (Wildman–Crippen MR) is 92.1 cm³/mol. The molecule has 0 bridgehead atoms. The number of nitrogens with zero attached hydrogens (tertiary/aromatic N) is 1. The third-order valence-electron chi connectivity index (χ3n) is 3.12. The topological polar surface area (TPSA) is 62.7 Å². The van der Waals surface area contributed by atoms with Crippen LogP contribution < -0.4 is 10.6 Å². The van der Waals surface area contributed by atoms with E-state index >= 15 is 0 Å². The average Bonchev–Trinajstić information content (AvgIpc) is 2.51. The van der Waals surface area contributed by atoms with Gasteiger partial charge in [0.25, 0.3) is 0 Å². The molecule has 0 aliphatic carbocycles. The molecule has 0 unspecified atom stereocenters. The van der Waals surface area contributed by atoms with Crippen LogP contribution in [-0.4, -0.2) is 51.2 Å². The number of aliphatic imine (C=N–C) groups is 1. The van der Waals surface area contributed by atoms with Crippen LogP contribution in [0.15, 0.2) is 4.99 Å². The number of nitrogens with one attached hydrogen (secondary N) is 2. The van der Waals surface area contributed by atoms with Crippen molar-refractivity contribution in [2.24, 2.45) is 4.99 Å². The van der Waals surface area contributed by atoms with E-state index < -0.39 is 0 Å². The number of thioether (sulfide) groups is 1. The van der Waals surface area contributed by atoms with Crippen molar-refractivity contribution in [3.05, 3.63) is 0 Å². The van der Waals surface area contributed by atoms with E-state index in [1.54, 1.807) is 7.05 Å². The Morgan fingerprint density at radius 3 is 2.24 bits per heavy atom. The third kappa shape index (κ3) is 13.8. The molecule has 5 nitrogen and oxygen atoms in total. The number of rotatable bonds is 12. The van der Waals surface area contributed by atoms with Crippen molar-refractivity contribution < 1.29 is 9.53 Å². The van der Waals surface area contributed by atoms with Crippen LogP contribution in [0.2, 0.25) is 0 Å². The minimum atomic E-state index is -0.112. The first-order valence-corrected chi connectivity index (χ1v) is 9.14. The number of hydrogen-bond acceptors (Lipinski definition) is 4. The van der Waals surface area contributed by atoms with Gasteiger partial charge in [0.15, 0.2) is 5.96 Å². The lowest BCUT2D eigenvalue weighted by Crippen LogP contribution is -2.38. The maximum atomic E-state index is 10.9. The van der Waals surface area contributed by atoms with Crippen molar-refractivity contribution in [3.63, 3.8) is 0 Å². The highest BCUT2D eigenvalue weighted by Crippen LogP contribution is 2.03. The van der Waals surface area contributed by atoms with Gasteiger partial charge in [-0.2, -0.15) is 11.8 Å². The number of unbranched alkanes of at least 4 members (excludes halogenated alkanes) is 4. The average molecular weight is 317 g/mol. The normalized spacial score (nSPS) is 11.3. The zero-order valence-corrected chi connectivity index (χ0v) is 14.6. The highest BCUT2D eigenvalue weighted by atomic mass is 32.2. The summed E-state index contributed by atoms with van der Waals surface area (Å²) in [6.45, 7) is 1.89. The van der Waals surface area contributed by atoms with E-state index in [0.29, 0.717) is 6.42 Å². The molecule has 0 rings (SSSR count). The predicted octanol–water partition coefficient (Wildman–Crippen LogP) is 2.42. The van der Waals surface area contributed by atoms with Crippen molar-refractivity contribution in [1.29, 1.82) is 0 Å². The second-order valence-electron chi connectivity index (χ2n) is 4.87. The molecule has 0 saturated heterocycles. The van der Waals surface area contributed by atoms with Crippen molar-refractivity contribution in [1.82, 2.24) is 10.6 Å². The Balaban J connectivity index is 3.41. The molecule has 0 heterocycles. The van der Waals surface area contributed by atoms with Gasteiger partial charge < -0.3 is 15.4 Å². The zero-order valence-electron chi connectivity index (χ0n) is 13.7. The van der Waals surface area contributed by atoms with Gasteiger partial charge in [-0.3, -0.25) is 9.79 Å². The zero-order chi connectivity index (χ0) is 15.8. The standard InChI is InChI=1S/C15H31N3O2S/c1-16-15(18-12-8-9-13-21-3)17-11-7-5-4-6-10-14(19)20-2/h4-13H2,1-3H3,(H2,16,17,18). The van der Waals surface area contributed by atoms with Gasteiger partial charge in [-0.25, -0.2) is 0 Å². The molecule has 2 N–H and O–H groups in total. The summed E-state index contributed by atoms with van der Waals surface area (Å²) in [6, 6.07) is 0. The van der Waals surface area contributed by atoms with Gasteiger partial charge in [0.2, 0.25) is 0 Å². The van der Waals surface area contributed by atoms with E-state index in [4.69, 9.17) is 0 Å². The number of hydrogen-bond donors (Lipinski definition) is 2. The summed E-state index contributed by atoms with van der Waals surface area (Å²) in [4.78, 5) is 15.1. The summed E-state index contributed by atoms with van der Waals surface area (Å²) < 4.78 is 4.61. The van der Waals surface area contributed by atoms with Gasteiger partial charge in [-0.15, -0.1) is 0 Å². The lowest BCUT2D eigenvalue weighted by molar-refractivity contribution is -0.140. The highest BCUT2D eigenvalue weighted by molar-refractivity contribution is 7.98. The number of methoxy groups -OCH3 is 1. The van der Waals surface area contributed by atoms with Gasteiger partial charge in [-0.05, 0) is 37.7 Å². The van der Waals surface area contributed by atoms with Gasteiger partial charge in [0.05, 0.1) is 7.11 Å². The molecule has 0 atom stereocenters. The Morgan fingerprint density at radius 2 is 1.67 bits per heavy atom. The van der Waals surface area contributed by atoms with Crippen LogP contribution in [0.3, 0.4) is 0 Å². The fourth-order valence-electron chi connectivity index (χ4n) is 1.86. The molecule has 0 aliphatic rings. The second kappa shape index (κ2) is 15.5. The lowest BCUT2D eigenvalue weighted by Gasteiger charge is -2.11. The highest BCUT2D eigenvalue weighted by Gasteiger charge is 2.00. The van der Waals surface area contributed by atoms with Crippen LogP contribution in [0.4, 0.5) is 0 Å². The summed E-state index contributed by atoms with van der Waals surface area (Å²) in [7, 11) is 3.24. The summed E-state index contributed by atoms with van der Waals surface area (Å²) >= 11 is 1.89. The molecule has 0 aromatic heterocycles. The van der Waals surface area contributed by atoms with Crippen LogP contribution in [-0.2, 0) is 9.53 Å². The van der Waals surface area contributed by atoms with Gasteiger partial charge in [0, 0.05) is 26.6 Å². The van der Waals surface area contributed by atoms with E-state index in [1.165, 1.54) is 25.7 Å². The third-order valence-corrected chi connectivity index (χ3v) is 3.82. The van der Waals surface area contributed by atoms with Crippen LogP contribution in [0.1, 0.15) is 44.9 Å². The van der Waals surface area contributed by atoms with Gasteiger partial charge in [0.1, 0.15) is 0 Å². The van der Waals surface area contributed by atoms with Gasteiger partial charge in [-0.1, -0.05) is 12.8 Å². The van der Waals surface area contributed by atoms with Crippen molar-refractivity contribution >= 4 is 23.7 Å². The Morgan fingerprint density at radius 1 is 1.05 bits per heavy atom. The molecule has 0 saturated carbocycles. The number of ether oxygens (including phenoxy) is 1. The van der Waals surface area contributed by atoms with E-state index in [0.717, 1.165) is 44.7 Å². The molecule has 0 aromatic carbocycles. The largest absolute Gasteiger partial charge is 0.469 e. The molecular weight excluding hydrogens is 286 g/mol. The summed E-state index contributed by atoms with van der Waals surface area (Å²) in [6.07, 6.45) is 9.28. The first-order valence-electron chi connectivity index (χ1n) is 7.74. The van der Waals surface area contributed by atoms with E-state index in [2.05, 4.69) is 26.6 Å². The first-order chi connectivity index (χ1) is 10.2. The molecule has 0 amide bonds. The number of carbonyl (C=O) groups is 1. The van der Waals surface area contributed by atoms with Crippen LogP contribution in [0.5, 0.6) is 0 Å². The van der Waals surface area contributed by atoms with E-state index in [1.807, 2.05) is 11.8 Å². The van der Waals surface area contributed by atoms with E-state index in [-0.39, 0.29) is 5.97 Å². The number of esters is 1. The Kier molecular flexibility index (Phi) is 14.8. The molecular formula is C15H31N3O2S. The molecule has 6 heteroatoms. The number of guanidine groups is 1. The molecule has 0 aromatic rings. The SMILES string of the molecule is CN=C(NCCCCCCC(=O)OC)NCCCCSC. The fraction of sp³-hybridized carbons (Fsp3) is 0.867. The minimum Gasteiger partial charge on any atom is -0.469 e. The van der Waals surface area contributed by atoms with Gasteiger partial charge >= 0.3 is 5.97 Å². The Bertz CT molecular complexity index is 286. The van der Waals surface area contributed by atoms with E-state index in [9.17, 15) is 4.79 Å². The molecule has 0 fully saturated rings. The van der Waals surface area contributed by atoms with Crippen LogP contribution in [0, 0.1) is 0 Å². The first kappa shape index (κ1) is 20.1. The number of carbonyl (C=O) groups excluding carboxylic acids is 1. The Labute approximate surface area is 133 Å². The minimum absolute atomic E-state index is 0.112.